The minimum absolute atomic E-state index is 0.0650. The minimum atomic E-state index is 0.0650. The molecule has 1 aromatic carbocycles. The minimum Gasteiger partial charge on any atom is -0.460 e. The van der Waals surface area contributed by atoms with E-state index in [1.54, 1.807) is 0 Å². The normalized spacial score (nSPS) is 22.1. The molecular formula is C20H27N2O2+. The van der Waals surface area contributed by atoms with Gasteiger partial charge in [-0.1, -0.05) is 30.3 Å². The second-order valence-corrected chi connectivity index (χ2v) is 6.85. The molecule has 128 valence electrons. The number of piperidine rings is 1. The van der Waals surface area contributed by atoms with Crippen molar-refractivity contribution in [1.82, 2.24) is 5.32 Å². The molecule has 0 aliphatic carbocycles. The SMILES string of the molecule is Cc1ccc(C[NH+]2CCC(C(=O)N[C@H](C)c3ccccc3)CC2)o1. The smallest absolute Gasteiger partial charge is 0.224 e. The number of hydrogen-bond acceptors (Lipinski definition) is 2. The van der Waals surface area contributed by atoms with Gasteiger partial charge in [0.05, 0.1) is 19.1 Å². The summed E-state index contributed by atoms with van der Waals surface area (Å²) in [4.78, 5) is 14.0. The van der Waals surface area contributed by atoms with Gasteiger partial charge in [-0.05, 0) is 31.5 Å². The lowest BCUT2D eigenvalue weighted by Crippen LogP contribution is -3.11. The highest BCUT2D eigenvalue weighted by molar-refractivity contribution is 5.79. The standard InChI is InChI=1S/C20H26N2O2/c1-15-8-9-19(24-15)14-22-12-10-18(11-13-22)20(23)21-16(2)17-6-4-3-5-7-17/h3-9,16,18H,10-14H2,1-2H3,(H,21,23)/p+1/t16-/m1/s1. The molecule has 1 saturated heterocycles. The van der Waals surface area contributed by atoms with Gasteiger partial charge in [-0.25, -0.2) is 0 Å². The molecule has 1 aromatic heterocycles. The van der Waals surface area contributed by atoms with E-state index in [1.807, 2.05) is 38.1 Å². The number of rotatable bonds is 5. The van der Waals surface area contributed by atoms with E-state index in [-0.39, 0.29) is 17.9 Å². The van der Waals surface area contributed by atoms with Gasteiger partial charge in [0.2, 0.25) is 5.91 Å². The zero-order valence-corrected chi connectivity index (χ0v) is 14.5. The fraction of sp³-hybridized carbons (Fsp3) is 0.450. The van der Waals surface area contributed by atoms with Crippen molar-refractivity contribution in [3.05, 3.63) is 59.5 Å². The van der Waals surface area contributed by atoms with Crippen LogP contribution in [-0.2, 0) is 11.3 Å². The Morgan fingerprint density at radius 1 is 1.21 bits per heavy atom. The number of carbonyl (C=O) groups excluding carboxylic acids is 1. The van der Waals surface area contributed by atoms with E-state index in [1.165, 1.54) is 4.90 Å². The Kier molecular flexibility index (Phi) is 5.36. The van der Waals surface area contributed by atoms with Gasteiger partial charge in [0, 0.05) is 18.8 Å². The number of carbonyl (C=O) groups is 1. The molecule has 1 fully saturated rings. The van der Waals surface area contributed by atoms with E-state index >= 15 is 0 Å². The molecule has 1 atom stereocenters. The van der Waals surface area contributed by atoms with Crippen molar-refractivity contribution in [3.8, 4) is 0 Å². The third-order valence-corrected chi connectivity index (χ3v) is 4.94. The Morgan fingerprint density at radius 3 is 2.54 bits per heavy atom. The van der Waals surface area contributed by atoms with Gasteiger partial charge >= 0.3 is 0 Å². The van der Waals surface area contributed by atoms with Crippen molar-refractivity contribution >= 4 is 5.91 Å². The lowest BCUT2D eigenvalue weighted by atomic mass is 9.95. The van der Waals surface area contributed by atoms with Crippen molar-refractivity contribution in [2.75, 3.05) is 13.1 Å². The highest BCUT2D eigenvalue weighted by Gasteiger charge is 2.28. The number of furan rings is 1. The van der Waals surface area contributed by atoms with E-state index in [4.69, 9.17) is 4.42 Å². The van der Waals surface area contributed by atoms with Crippen LogP contribution in [0.15, 0.2) is 46.9 Å². The van der Waals surface area contributed by atoms with E-state index in [0.29, 0.717) is 0 Å². The van der Waals surface area contributed by atoms with Crippen molar-refractivity contribution in [2.45, 2.75) is 39.3 Å². The average Bonchev–Trinajstić information content (AvgIpc) is 3.01. The molecule has 24 heavy (non-hydrogen) atoms. The van der Waals surface area contributed by atoms with Gasteiger partial charge in [0.15, 0.2) is 5.76 Å². The van der Waals surface area contributed by atoms with E-state index in [9.17, 15) is 4.79 Å². The van der Waals surface area contributed by atoms with Crippen molar-refractivity contribution in [3.63, 3.8) is 0 Å². The maximum absolute atomic E-state index is 12.5. The molecule has 1 amide bonds. The predicted octanol–water partition coefficient (Wildman–Crippen LogP) is 2.26. The average molecular weight is 327 g/mol. The monoisotopic (exact) mass is 327 g/mol. The Labute approximate surface area is 143 Å². The van der Waals surface area contributed by atoms with Crippen LogP contribution in [0.2, 0.25) is 0 Å². The molecule has 0 unspecified atom stereocenters. The summed E-state index contributed by atoms with van der Waals surface area (Å²) in [6, 6.07) is 14.3. The second-order valence-electron chi connectivity index (χ2n) is 6.85. The number of aryl methyl sites for hydroxylation is 1. The largest absolute Gasteiger partial charge is 0.460 e. The molecule has 2 N–H and O–H groups in total. The molecule has 0 saturated carbocycles. The fourth-order valence-corrected chi connectivity index (χ4v) is 3.45. The van der Waals surface area contributed by atoms with Crippen LogP contribution in [0.4, 0.5) is 0 Å². The van der Waals surface area contributed by atoms with Crippen LogP contribution in [0.5, 0.6) is 0 Å². The predicted molar refractivity (Wildman–Crippen MR) is 93.6 cm³/mol. The zero-order chi connectivity index (χ0) is 16.9. The summed E-state index contributed by atoms with van der Waals surface area (Å²) in [5, 5.41) is 3.17. The number of benzene rings is 1. The molecule has 2 aromatic rings. The van der Waals surface area contributed by atoms with Gasteiger partial charge in [0.1, 0.15) is 12.3 Å². The molecule has 1 aliphatic rings. The summed E-state index contributed by atoms with van der Waals surface area (Å²) < 4.78 is 5.66. The van der Waals surface area contributed by atoms with Crippen LogP contribution >= 0.6 is 0 Å². The molecule has 0 radical (unpaired) electrons. The van der Waals surface area contributed by atoms with Crippen molar-refractivity contribution in [2.24, 2.45) is 5.92 Å². The van der Waals surface area contributed by atoms with Crippen LogP contribution in [0, 0.1) is 12.8 Å². The van der Waals surface area contributed by atoms with Crippen LogP contribution in [-0.4, -0.2) is 19.0 Å². The number of amides is 1. The van der Waals surface area contributed by atoms with Gasteiger partial charge in [-0.2, -0.15) is 0 Å². The van der Waals surface area contributed by atoms with Gasteiger partial charge in [0.25, 0.3) is 0 Å². The number of nitrogens with one attached hydrogen (secondary N) is 2. The van der Waals surface area contributed by atoms with Crippen LogP contribution in [0.25, 0.3) is 0 Å². The Morgan fingerprint density at radius 2 is 1.92 bits per heavy atom. The van der Waals surface area contributed by atoms with Crippen LogP contribution in [0.3, 0.4) is 0 Å². The van der Waals surface area contributed by atoms with Gasteiger partial charge in [-0.15, -0.1) is 0 Å². The van der Waals surface area contributed by atoms with E-state index < -0.39 is 0 Å². The zero-order valence-electron chi connectivity index (χ0n) is 14.5. The fourth-order valence-electron chi connectivity index (χ4n) is 3.45. The topological polar surface area (TPSA) is 46.7 Å². The summed E-state index contributed by atoms with van der Waals surface area (Å²) in [6.07, 6.45) is 1.89. The first-order valence-electron chi connectivity index (χ1n) is 8.86. The second kappa shape index (κ2) is 7.67. The summed E-state index contributed by atoms with van der Waals surface area (Å²) in [5.41, 5.74) is 1.15. The first-order chi connectivity index (χ1) is 11.6. The quantitative estimate of drug-likeness (QED) is 0.885. The maximum Gasteiger partial charge on any atom is 0.224 e. The third kappa shape index (κ3) is 4.26. The number of quaternary nitrogens is 1. The first-order valence-corrected chi connectivity index (χ1v) is 8.86. The molecule has 4 heteroatoms. The van der Waals surface area contributed by atoms with Gasteiger partial charge in [-0.3, -0.25) is 4.79 Å². The Bertz CT molecular complexity index is 657. The highest BCUT2D eigenvalue weighted by atomic mass is 16.3. The molecule has 2 heterocycles. The van der Waals surface area contributed by atoms with E-state index in [0.717, 1.165) is 49.6 Å². The Balaban J connectivity index is 1.46. The lowest BCUT2D eigenvalue weighted by Gasteiger charge is -2.29. The summed E-state index contributed by atoms with van der Waals surface area (Å²) >= 11 is 0. The molecule has 0 bridgehead atoms. The molecular weight excluding hydrogens is 300 g/mol. The third-order valence-electron chi connectivity index (χ3n) is 4.94. The molecule has 0 spiro atoms. The van der Waals surface area contributed by atoms with Crippen LogP contribution in [0.1, 0.15) is 42.9 Å². The maximum atomic E-state index is 12.5. The van der Waals surface area contributed by atoms with Gasteiger partial charge < -0.3 is 14.6 Å². The highest BCUT2D eigenvalue weighted by Crippen LogP contribution is 2.15. The van der Waals surface area contributed by atoms with E-state index in [2.05, 4.69) is 23.5 Å². The number of likely N-dealkylation sites (tertiary alicyclic amines) is 1. The summed E-state index contributed by atoms with van der Waals surface area (Å²) in [6.45, 7) is 6.99. The van der Waals surface area contributed by atoms with Crippen molar-refractivity contribution in [1.29, 1.82) is 0 Å². The molecule has 1 aliphatic heterocycles. The number of hydrogen-bond donors (Lipinski definition) is 2. The Hall–Kier alpha value is -2.07. The molecule has 4 nitrogen and oxygen atoms in total. The summed E-state index contributed by atoms with van der Waals surface area (Å²) in [5.74, 6) is 2.34. The summed E-state index contributed by atoms with van der Waals surface area (Å²) in [7, 11) is 0. The molecule has 3 rings (SSSR count). The van der Waals surface area contributed by atoms with Crippen LogP contribution < -0.4 is 10.2 Å². The first kappa shape index (κ1) is 16.8. The lowest BCUT2D eigenvalue weighted by molar-refractivity contribution is -0.920. The van der Waals surface area contributed by atoms with Crippen molar-refractivity contribution < 1.29 is 14.1 Å².